The van der Waals surface area contributed by atoms with Gasteiger partial charge in [0, 0.05) is 13.0 Å². The van der Waals surface area contributed by atoms with Crippen molar-refractivity contribution >= 4 is 11.9 Å². The maximum atomic E-state index is 11.3. The Morgan fingerprint density at radius 1 is 1.23 bits per heavy atom. The van der Waals surface area contributed by atoms with E-state index < -0.39 is 6.03 Å². The lowest BCUT2D eigenvalue weighted by atomic mass is 10.2. The van der Waals surface area contributed by atoms with Crippen LogP contribution in [0.15, 0.2) is 0 Å². The Balaban J connectivity index is 3.85. The van der Waals surface area contributed by atoms with Gasteiger partial charge in [-0.15, -0.1) is 0 Å². The third-order valence-electron chi connectivity index (χ3n) is 1.88. The second kappa shape index (κ2) is 6.46. The summed E-state index contributed by atoms with van der Waals surface area (Å²) in [6.45, 7) is 4.17. The molecule has 3 amide bonds. The topological polar surface area (TPSA) is 63.4 Å². The Morgan fingerprint density at radius 2 is 1.85 bits per heavy atom. The highest BCUT2D eigenvalue weighted by Crippen LogP contribution is 2.02. The van der Waals surface area contributed by atoms with Crippen LogP contribution >= 0.6 is 0 Å². The molecule has 76 valence electrons. The first-order valence-corrected chi connectivity index (χ1v) is 4.73. The predicted octanol–water partition coefficient (Wildman–Crippen LogP) is 1.49. The number of nitrogens with zero attached hydrogens (tertiary/aromatic N) is 1. The first kappa shape index (κ1) is 11.9. The largest absolute Gasteiger partial charge is 0.351 e. The second-order valence-corrected chi connectivity index (χ2v) is 2.93. The molecule has 0 aromatic heterocycles. The summed E-state index contributed by atoms with van der Waals surface area (Å²) in [5.41, 5.74) is 5.02. The van der Waals surface area contributed by atoms with Crippen LogP contribution in [0.3, 0.4) is 0 Å². The zero-order valence-electron chi connectivity index (χ0n) is 8.38. The number of rotatable bonds is 5. The molecule has 4 nitrogen and oxygen atoms in total. The Morgan fingerprint density at radius 3 is 2.23 bits per heavy atom. The Bertz CT molecular complexity index is 180. The lowest BCUT2D eigenvalue weighted by molar-refractivity contribution is -0.128. The minimum Gasteiger partial charge on any atom is -0.351 e. The van der Waals surface area contributed by atoms with Crippen molar-refractivity contribution in [3.8, 4) is 0 Å². The van der Waals surface area contributed by atoms with Crippen LogP contribution in [0.2, 0.25) is 0 Å². The fourth-order valence-electron chi connectivity index (χ4n) is 1.12. The molecule has 0 saturated carbocycles. The minimum absolute atomic E-state index is 0.163. The number of urea groups is 1. The molecule has 0 unspecified atom stereocenters. The van der Waals surface area contributed by atoms with E-state index in [-0.39, 0.29) is 5.91 Å². The van der Waals surface area contributed by atoms with Crippen LogP contribution in [0.1, 0.15) is 39.5 Å². The summed E-state index contributed by atoms with van der Waals surface area (Å²) in [6, 6.07) is -0.649. The van der Waals surface area contributed by atoms with Crippen LogP contribution in [-0.2, 0) is 4.79 Å². The van der Waals surface area contributed by atoms with Gasteiger partial charge in [0.15, 0.2) is 0 Å². The van der Waals surface area contributed by atoms with Crippen molar-refractivity contribution in [1.29, 1.82) is 0 Å². The average Bonchev–Trinajstić information content (AvgIpc) is 2.05. The van der Waals surface area contributed by atoms with Crippen LogP contribution in [0, 0.1) is 0 Å². The van der Waals surface area contributed by atoms with Crippen molar-refractivity contribution in [1.82, 2.24) is 4.90 Å². The molecule has 0 aliphatic carbocycles. The van der Waals surface area contributed by atoms with Gasteiger partial charge < -0.3 is 5.73 Å². The van der Waals surface area contributed by atoms with Gasteiger partial charge in [-0.25, -0.2) is 4.79 Å². The third kappa shape index (κ3) is 4.50. The van der Waals surface area contributed by atoms with Gasteiger partial charge in [-0.05, 0) is 13.3 Å². The first-order chi connectivity index (χ1) is 6.13. The molecular weight excluding hydrogens is 168 g/mol. The summed E-state index contributed by atoms with van der Waals surface area (Å²) in [7, 11) is 0. The molecule has 2 N–H and O–H groups in total. The summed E-state index contributed by atoms with van der Waals surface area (Å²) in [5, 5.41) is 0. The predicted molar refractivity (Wildman–Crippen MR) is 51.1 cm³/mol. The van der Waals surface area contributed by atoms with Crippen LogP contribution < -0.4 is 5.73 Å². The molecule has 0 fully saturated rings. The highest BCUT2D eigenvalue weighted by atomic mass is 16.2. The minimum atomic E-state index is -0.649. The number of unbranched alkanes of at least 4 members (excludes halogenated alkanes) is 2. The van der Waals surface area contributed by atoms with Crippen LogP contribution in [0.25, 0.3) is 0 Å². The molecule has 0 atom stereocenters. The lowest BCUT2D eigenvalue weighted by Gasteiger charge is -2.15. The van der Waals surface area contributed by atoms with Gasteiger partial charge >= 0.3 is 6.03 Å². The van der Waals surface area contributed by atoms with Crippen LogP contribution in [-0.4, -0.2) is 23.4 Å². The van der Waals surface area contributed by atoms with Gasteiger partial charge in [0.25, 0.3) is 0 Å². The molecule has 0 saturated heterocycles. The van der Waals surface area contributed by atoms with Crippen LogP contribution in [0.5, 0.6) is 0 Å². The molecule has 13 heavy (non-hydrogen) atoms. The van der Waals surface area contributed by atoms with E-state index in [1.54, 1.807) is 6.92 Å². The molecule has 0 spiro atoms. The van der Waals surface area contributed by atoms with Gasteiger partial charge in [0.1, 0.15) is 0 Å². The lowest BCUT2D eigenvalue weighted by Crippen LogP contribution is -2.40. The van der Waals surface area contributed by atoms with Crippen molar-refractivity contribution < 1.29 is 9.59 Å². The number of carbonyl (C=O) groups excluding carboxylic acids is 2. The number of imide groups is 1. The number of nitrogens with two attached hydrogens (primary N) is 1. The van der Waals surface area contributed by atoms with E-state index in [0.29, 0.717) is 13.0 Å². The highest BCUT2D eigenvalue weighted by Gasteiger charge is 2.15. The van der Waals surface area contributed by atoms with Crippen LogP contribution in [0.4, 0.5) is 4.79 Å². The second-order valence-electron chi connectivity index (χ2n) is 2.93. The quantitative estimate of drug-likeness (QED) is 0.661. The average molecular weight is 186 g/mol. The molecule has 0 bridgehead atoms. The molecule has 0 aromatic rings. The number of carbonyl (C=O) groups is 2. The van der Waals surface area contributed by atoms with E-state index in [2.05, 4.69) is 6.92 Å². The van der Waals surface area contributed by atoms with Crippen molar-refractivity contribution in [3.05, 3.63) is 0 Å². The van der Waals surface area contributed by atoms with Crippen molar-refractivity contribution in [2.45, 2.75) is 39.5 Å². The highest BCUT2D eigenvalue weighted by molar-refractivity contribution is 5.93. The summed E-state index contributed by atoms with van der Waals surface area (Å²) in [6.07, 6.45) is 3.34. The molecule has 0 rings (SSSR count). The molecule has 0 aliphatic rings. The van der Waals surface area contributed by atoms with E-state index in [1.807, 2.05) is 0 Å². The van der Waals surface area contributed by atoms with Gasteiger partial charge in [-0.3, -0.25) is 9.69 Å². The van der Waals surface area contributed by atoms with E-state index in [0.717, 1.165) is 24.2 Å². The zero-order valence-corrected chi connectivity index (χ0v) is 8.38. The maximum Gasteiger partial charge on any atom is 0.321 e. The fourth-order valence-corrected chi connectivity index (χ4v) is 1.12. The summed E-state index contributed by atoms with van der Waals surface area (Å²) >= 11 is 0. The molecule has 0 aliphatic heterocycles. The number of primary amides is 1. The van der Waals surface area contributed by atoms with Crippen molar-refractivity contribution in [2.75, 3.05) is 6.54 Å². The first-order valence-electron chi connectivity index (χ1n) is 4.73. The van der Waals surface area contributed by atoms with Gasteiger partial charge in [0.2, 0.25) is 5.91 Å². The summed E-state index contributed by atoms with van der Waals surface area (Å²) < 4.78 is 0. The van der Waals surface area contributed by atoms with E-state index >= 15 is 0 Å². The van der Waals surface area contributed by atoms with Gasteiger partial charge in [-0.2, -0.15) is 0 Å². The normalized spacial score (nSPS) is 9.69. The molecule has 4 heteroatoms. The summed E-state index contributed by atoms with van der Waals surface area (Å²) in [5.74, 6) is -0.163. The monoisotopic (exact) mass is 186 g/mol. The molecule has 0 aromatic carbocycles. The summed E-state index contributed by atoms with van der Waals surface area (Å²) in [4.78, 5) is 23.1. The fraction of sp³-hybridized carbons (Fsp3) is 0.778. The van der Waals surface area contributed by atoms with E-state index in [4.69, 9.17) is 5.73 Å². The Labute approximate surface area is 79.1 Å². The standard InChI is InChI=1S/C9H18N2O2/c1-3-5-6-7-8(12)11(4-2)9(10)13/h3-7H2,1-2H3,(H2,10,13). The van der Waals surface area contributed by atoms with Gasteiger partial charge in [0.05, 0.1) is 0 Å². The van der Waals surface area contributed by atoms with Crippen molar-refractivity contribution in [2.24, 2.45) is 5.73 Å². The number of amides is 3. The Hall–Kier alpha value is -1.06. The Kier molecular flexibility index (Phi) is 5.93. The van der Waals surface area contributed by atoms with E-state index in [1.165, 1.54) is 0 Å². The third-order valence-corrected chi connectivity index (χ3v) is 1.88. The molecule has 0 heterocycles. The number of hydrogen-bond donors (Lipinski definition) is 1. The smallest absolute Gasteiger partial charge is 0.321 e. The number of hydrogen-bond acceptors (Lipinski definition) is 2. The van der Waals surface area contributed by atoms with Gasteiger partial charge in [-0.1, -0.05) is 19.8 Å². The maximum absolute atomic E-state index is 11.3. The van der Waals surface area contributed by atoms with Crippen molar-refractivity contribution in [3.63, 3.8) is 0 Å². The SMILES string of the molecule is CCCCCC(=O)N(CC)C(N)=O. The molecule has 0 radical (unpaired) electrons. The zero-order chi connectivity index (χ0) is 10.3. The van der Waals surface area contributed by atoms with E-state index in [9.17, 15) is 9.59 Å². The molecular formula is C9H18N2O2.